The molecule has 1 aliphatic rings. The fraction of sp³-hybridized carbons (Fsp3) is 0.364. The van der Waals surface area contributed by atoms with Gasteiger partial charge in [0.2, 0.25) is 0 Å². The fourth-order valence-corrected chi connectivity index (χ4v) is 4.09. The third kappa shape index (κ3) is 3.60. The number of nitrogens with zero attached hydrogens (tertiary/aromatic N) is 2. The van der Waals surface area contributed by atoms with Crippen LogP contribution in [0.15, 0.2) is 59.4 Å². The van der Waals surface area contributed by atoms with E-state index in [1.54, 1.807) is 16.7 Å². The summed E-state index contributed by atoms with van der Waals surface area (Å²) >= 11 is 0. The van der Waals surface area contributed by atoms with E-state index >= 15 is 0 Å². The highest BCUT2D eigenvalue weighted by molar-refractivity contribution is 5.96. The Balaban J connectivity index is 1.66. The summed E-state index contributed by atoms with van der Waals surface area (Å²) in [6.07, 6.45) is 4.14. The van der Waals surface area contributed by atoms with E-state index in [1.165, 1.54) is 0 Å². The van der Waals surface area contributed by atoms with Crippen molar-refractivity contribution in [3.05, 3.63) is 70.6 Å². The van der Waals surface area contributed by atoms with Crippen LogP contribution in [0.1, 0.15) is 36.0 Å². The average molecular weight is 363 g/mol. The van der Waals surface area contributed by atoms with Gasteiger partial charge in [-0.2, -0.15) is 0 Å². The standard InChI is InChI=1S/C22H25N3O2/c23-18-12-10-16(11-13-18)14-24-19-8-4-5-9-20(19)25(22(24)27)15-21(26)17-6-2-1-3-7-17/h1-9,16,18H,10-15,23H2. The lowest BCUT2D eigenvalue weighted by Gasteiger charge is -2.26. The number of hydrogen-bond acceptors (Lipinski definition) is 3. The van der Waals surface area contributed by atoms with Gasteiger partial charge in [-0.1, -0.05) is 42.5 Å². The Labute approximate surface area is 158 Å². The molecular formula is C22H25N3O2. The maximum Gasteiger partial charge on any atom is 0.329 e. The molecule has 27 heavy (non-hydrogen) atoms. The van der Waals surface area contributed by atoms with E-state index in [9.17, 15) is 9.59 Å². The molecule has 1 heterocycles. The van der Waals surface area contributed by atoms with Gasteiger partial charge in [-0.25, -0.2) is 4.79 Å². The molecule has 0 aliphatic heterocycles. The van der Waals surface area contributed by atoms with E-state index in [2.05, 4.69) is 0 Å². The highest BCUT2D eigenvalue weighted by Crippen LogP contribution is 2.25. The van der Waals surface area contributed by atoms with Crippen LogP contribution in [-0.2, 0) is 13.1 Å². The molecule has 1 saturated carbocycles. The van der Waals surface area contributed by atoms with Gasteiger partial charge in [-0.15, -0.1) is 0 Å². The van der Waals surface area contributed by atoms with Crippen molar-refractivity contribution < 1.29 is 4.79 Å². The molecule has 1 fully saturated rings. The number of benzene rings is 2. The van der Waals surface area contributed by atoms with Crippen LogP contribution in [0.25, 0.3) is 11.0 Å². The topological polar surface area (TPSA) is 70.0 Å². The molecule has 5 nitrogen and oxygen atoms in total. The van der Waals surface area contributed by atoms with Crippen LogP contribution in [0.3, 0.4) is 0 Å². The van der Waals surface area contributed by atoms with Gasteiger partial charge in [0.15, 0.2) is 5.78 Å². The molecule has 1 aromatic heterocycles. The van der Waals surface area contributed by atoms with Crippen LogP contribution >= 0.6 is 0 Å². The van der Waals surface area contributed by atoms with Crippen molar-refractivity contribution in [3.8, 4) is 0 Å². The number of nitrogens with two attached hydrogens (primary N) is 1. The summed E-state index contributed by atoms with van der Waals surface area (Å²) < 4.78 is 3.45. The molecule has 0 atom stereocenters. The molecule has 0 saturated heterocycles. The van der Waals surface area contributed by atoms with E-state index in [0.717, 1.165) is 36.7 Å². The van der Waals surface area contributed by atoms with Gasteiger partial charge in [0.05, 0.1) is 17.6 Å². The molecular weight excluding hydrogens is 338 g/mol. The van der Waals surface area contributed by atoms with Crippen LogP contribution in [0.2, 0.25) is 0 Å². The van der Waals surface area contributed by atoms with Crippen molar-refractivity contribution in [2.24, 2.45) is 11.7 Å². The number of aromatic nitrogens is 2. The molecule has 0 unspecified atom stereocenters. The molecule has 4 rings (SSSR count). The molecule has 3 aromatic rings. The van der Waals surface area contributed by atoms with Gasteiger partial charge in [0.25, 0.3) is 0 Å². The smallest absolute Gasteiger partial charge is 0.328 e. The van der Waals surface area contributed by atoms with Crippen LogP contribution in [-0.4, -0.2) is 21.0 Å². The van der Waals surface area contributed by atoms with Gasteiger partial charge >= 0.3 is 5.69 Å². The number of para-hydroxylation sites is 2. The maximum absolute atomic E-state index is 13.1. The van der Waals surface area contributed by atoms with E-state index in [4.69, 9.17) is 5.73 Å². The highest BCUT2D eigenvalue weighted by Gasteiger charge is 2.22. The van der Waals surface area contributed by atoms with Crippen molar-refractivity contribution in [1.82, 2.24) is 9.13 Å². The summed E-state index contributed by atoms with van der Waals surface area (Å²) in [6, 6.07) is 17.2. The molecule has 0 spiro atoms. The minimum absolute atomic E-state index is 0.0516. The number of carbonyl (C=O) groups is 1. The zero-order chi connectivity index (χ0) is 18.8. The van der Waals surface area contributed by atoms with Crippen molar-refractivity contribution in [3.63, 3.8) is 0 Å². The molecule has 2 N–H and O–H groups in total. The number of imidazole rings is 1. The Morgan fingerprint density at radius 1 is 0.889 bits per heavy atom. The first-order valence-electron chi connectivity index (χ1n) is 9.65. The number of fused-ring (bicyclic) bond motifs is 1. The summed E-state index contributed by atoms with van der Waals surface area (Å²) in [5, 5.41) is 0. The maximum atomic E-state index is 13.1. The van der Waals surface area contributed by atoms with E-state index in [-0.39, 0.29) is 18.0 Å². The molecule has 0 amide bonds. The Morgan fingerprint density at radius 3 is 2.15 bits per heavy atom. The molecule has 1 aliphatic carbocycles. The Bertz CT molecular complexity index is 995. The van der Waals surface area contributed by atoms with Crippen LogP contribution in [0, 0.1) is 5.92 Å². The Hall–Kier alpha value is -2.66. The summed E-state index contributed by atoms with van der Waals surface area (Å²) in [6.45, 7) is 0.754. The number of carbonyl (C=O) groups excluding carboxylic acids is 1. The average Bonchev–Trinajstić information content (AvgIpc) is 2.96. The summed E-state index contributed by atoms with van der Waals surface area (Å²) in [5.74, 6) is 0.413. The van der Waals surface area contributed by atoms with Crippen molar-refractivity contribution >= 4 is 16.8 Å². The van der Waals surface area contributed by atoms with Gasteiger partial charge in [-0.3, -0.25) is 13.9 Å². The number of hydrogen-bond donors (Lipinski definition) is 1. The summed E-state index contributed by atoms with van der Waals surface area (Å²) in [5.41, 5.74) is 8.26. The first-order chi connectivity index (χ1) is 13.1. The minimum atomic E-state index is -0.102. The first kappa shape index (κ1) is 17.7. The van der Waals surface area contributed by atoms with Crippen LogP contribution in [0.4, 0.5) is 0 Å². The number of ketones is 1. The third-order valence-corrected chi connectivity index (χ3v) is 5.65. The monoisotopic (exact) mass is 363 g/mol. The quantitative estimate of drug-likeness (QED) is 0.708. The largest absolute Gasteiger partial charge is 0.329 e. The molecule has 0 radical (unpaired) electrons. The predicted molar refractivity (Wildman–Crippen MR) is 107 cm³/mol. The Morgan fingerprint density at radius 2 is 1.48 bits per heavy atom. The SMILES string of the molecule is NC1CCC(Cn2c(=O)n(CC(=O)c3ccccc3)c3ccccc32)CC1. The second-order valence-electron chi connectivity index (χ2n) is 7.54. The van der Waals surface area contributed by atoms with E-state index < -0.39 is 0 Å². The number of Topliss-reactive ketones (excluding diaryl/α,β-unsaturated/α-hetero) is 1. The molecule has 0 bridgehead atoms. The summed E-state index contributed by atoms with van der Waals surface area (Å²) in [4.78, 5) is 25.8. The molecule has 5 heteroatoms. The predicted octanol–water partition coefficient (Wildman–Crippen LogP) is 3.20. The second kappa shape index (κ2) is 7.53. The van der Waals surface area contributed by atoms with Gasteiger partial charge in [0, 0.05) is 18.2 Å². The molecule has 140 valence electrons. The van der Waals surface area contributed by atoms with Gasteiger partial charge < -0.3 is 5.73 Å². The van der Waals surface area contributed by atoms with E-state index in [0.29, 0.717) is 24.1 Å². The normalized spacial score (nSPS) is 20.0. The van der Waals surface area contributed by atoms with Gasteiger partial charge in [-0.05, 0) is 43.7 Å². The lowest BCUT2D eigenvalue weighted by Crippen LogP contribution is -2.32. The Kier molecular flexibility index (Phi) is 4.94. The third-order valence-electron chi connectivity index (χ3n) is 5.65. The number of rotatable bonds is 5. The van der Waals surface area contributed by atoms with Crippen LogP contribution < -0.4 is 11.4 Å². The van der Waals surface area contributed by atoms with Crippen molar-refractivity contribution in [2.45, 2.75) is 44.8 Å². The first-order valence-corrected chi connectivity index (χ1v) is 9.65. The van der Waals surface area contributed by atoms with Gasteiger partial charge in [0.1, 0.15) is 0 Å². The summed E-state index contributed by atoms with van der Waals surface area (Å²) in [7, 11) is 0. The lowest BCUT2D eigenvalue weighted by atomic mass is 9.86. The van der Waals surface area contributed by atoms with E-state index in [1.807, 2.05) is 47.0 Å². The zero-order valence-electron chi connectivity index (χ0n) is 15.4. The molecule has 2 aromatic carbocycles. The minimum Gasteiger partial charge on any atom is -0.328 e. The highest BCUT2D eigenvalue weighted by atomic mass is 16.2. The van der Waals surface area contributed by atoms with Crippen LogP contribution in [0.5, 0.6) is 0 Å². The fourth-order valence-electron chi connectivity index (χ4n) is 4.09. The lowest BCUT2D eigenvalue weighted by molar-refractivity contribution is 0.0972. The van der Waals surface area contributed by atoms with Crippen molar-refractivity contribution in [2.75, 3.05) is 0 Å². The zero-order valence-corrected chi connectivity index (χ0v) is 15.4. The van der Waals surface area contributed by atoms with Crippen molar-refractivity contribution in [1.29, 1.82) is 0 Å². The second-order valence-corrected chi connectivity index (χ2v) is 7.54.